The molecule has 0 radical (unpaired) electrons. The second kappa shape index (κ2) is 4.96. The molecule has 3 nitrogen and oxygen atoms in total. The molecule has 1 aliphatic rings. The third-order valence-corrected chi connectivity index (χ3v) is 4.16. The topological polar surface area (TPSA) is 46.2 Å². The van der Waals surface area contributed by atoms with E-state index in [-0.39, 0.29) is 12.0 Å². The van der Waals surface area contributed by atoms with Crippen LogP contribution in [0.1, 0.15) is 30.7 Å². The molecule has 0 saturated heterocycles. The second-order valence-corrected chi connectivity index (χ2v) is 6.80. The summed E-state index contributed by atoms with van der Waals surface area (Å²) in [5.41, 5.74) is 1.16. The van der Waals surface area contributed by atoms with Crippen molar-refractivity contribution >= 4 is 21.6 Å². The highest BCUT2D eigenvalue weighted by Crippen LogP contribution is 2.35. The Morgan fingerprint density at radius 2 is 1.88 bits per heavy atom. The highest BCUT2D eigenvalue weighted by molar-refractivity contribution is 7.88. The van der Waals surface area contributed by atoms with Gasteiger partial charge < -0.3 is 0 Å². The lowest BCUT2D eigenvalue weighted by molar-refractivity contribution is 0.529. The third kappa shape index (κ3) is 3.44. The molecule has 1 fully saturated rings. The van der Waals surface area contributed by atoms with Crippen LogP contribution in [0.2, 0.25) is 5.02 Å². The number of sulfonamides is 1. The summed E-state index contributed by atoms with van der Waals surface area (Å²) in [6, 6.07) is 7.69. The second-order valence-electron chi connectivity index (χ2n) is 4.59. The van der Waals surface area contributed by atoms with Crippen LogP contribution in [0.15, 0.2) is 24.3 Å². The van der Waals surface area contributed by atoms with Crippen molar-refractivity contribution in [2.75, 3.05) is 6.26 Å². The Morgan fingerprint density at radius 1 is 1.24 bits per heavy atom. The van der Waals surface area contributed by atoms with E-state index in [1.807, 2.05) is 24.3 Å². The van der Waals surface area contributed by atoms with Gasteiger partial charge in [0, 0.05) is 17.0 Å². The van der Waals surface area contributed by atoms with Crippen LogP contribution in [0.25, 0.3) is 0 Å². The molecule has 0 spiro atoms. The lowest BCUT2D eigenvalue weighted by atomic mass is 9.95. The van der Waals surface area contributed by atoms with E-state index in [1.54, 1.807) is 0 Å². The average molecular weight is 274 g/mol. The quantitative estimate of drug-likeness (QED) is 0.920. The first-order chi connectivity index (χ1) is 7.96. The van der Waals surface area contributed by atoms with Gasteiger partial charge in [-0.15, -0.1) is 0 Å². The summed E-state index contributed by atoms with van der Waals surface area (Å²) in [4.78, 5) is 0. The normalized spacial score (nSPS) is 25.1. The minimum absolute atomic E-state index is 0.0196. The number of hydrogen-bond acceptors (Lipinski definition) is 2. The van der Waals surface area contributed by atoms with Gasteiger partial charge in [0.15, 0.2) is 0 Å². The standard InChI is InChI=1S/C12H16ClNO2S/c1-17(15,16)14-12-4-2-3-11(12)9-5-7-10(13)8-6-9/h5-8,11-12,14H,2-4H2,1H3. The molecular weight excluding hydrogens is 258 g/mol. The Kier molecular flexibility index (Phi) is 3.76. The van der Waals surface area contributed by atoms with Crippen LogP contribution in [-0.2, 0) is 10.0 Å². The van der Waals surface area contributed by atoms with E-state index < -0.39 is 10.0 Å². The maximum atomic E-state index is 11.3. The molecule has 2 atom stereocenters. The van der Waals surface area contributed by atoms with Crippen molar-refractivity contribution < 1.29 is 8.42 Å². The maximum Gasteiger partial charge on any atom is 0.208 e. The molecule has 17 heavy (non-hydrogen) atoms. The summed E-state index contributed by atoms with van der Waals surface area (Å²) in [7, 11) is -3.13. The highest BCUT2D eigenvalue weighted by atomic mass is 35.5. The fourth-order valence-electron chi connectivity index (χ4n) is 2.49. The molecule has 1 aromatic rings. The van der Waals surface area contributed by atoms with E-state index in [2.05, 4.69) is 4.72 Å². The Morgan fingerprint density at radius 3 is 2.47 bits per heavy atom. The van der Waals surface area contributed by atoms with Gasteiger partial charge in [0.25, 0.3) is 0 Å². The van der Waals surface area contributed by atoms with Gasteiger partial charge >= 0.3 is 0 Å². The van der Waals surface area contributed by atoms with Crippen LogP contribution in [0.3, 0.4) is 0 Å². The van der Waals surface area contributed by atoms with Gasteiger partial charge in [-0.2, -0.15) is 0 Å². The van der Waals surface area contributed by atoms with E-state index in [1.165, 1.54) is 6.26 Å². The molecule has 1 aliphatic carbocycles. The Labute approximate surface area is 107 Å². The number of halogens is 1. The number of nitrogens with one attached hydrogen (secondary N) is 1. The molecule has 0 amide bonds. The molecule has 0 bridgehead atoms. The zero-order valence-corrected chi connectivity index (χ0v) is 11.3. The third-order valence-electron chi connectivity index (χ3n) is 3.18. The molecule has 1 saturated carbocycles. The van der Waals surface area contributed by atoms with Crippen molar-refractivity contribution in [1.82, 2.24) is 4.72 Å². The number of hydrogen-bond donors (Lipinski definition) is 1. The van der Waals surface area contributed by atoms with Crippen LogP contribution in [0.5, 0.6) is 0 Å². The largest absolute Gasteiger partial charge is 0.213 e. The summed E-state index contributed by atoms with van der Waals surface area (Å²) in [5, 5.41) is 0.708. The smallest absolute Gasteiger partial charge is 0.208 e. The summed E-state index contributed by atoms with van der Waals surface area (Å²) >= 11 is 5.85. The summed E-state index contributed by atoms with van der Waals surface area (Å²) < 4.78 is 25.3. The molecule has 0 aromatic heterocycles. The SMILES string of the molecule is CS(=O)(=O)NC1CCCC1c1ccc(Cl)cc1. The zero-order valence-electron chi connectivity index (χ0n) is 9.69. The molecular formula is C12H16ClNO2S. The van der Waals surface area contributed by atoms with E-state index in [0.717, 1.165) is 24.8 Å². The number of rotatable bonds is 3. The monoisotopic (exact) mass is 273 g/mol. The molecule has 94 valence electrons. The first-order valence-electron chi connectivity index (χ1n) is 5.68. The minimum atomic E-state index is -3.13. The van der Waals surface area contributed by atoms with Crippen LogP contribution in [0, 0.1) is 0 Å². The van der Waals surface area contributed by atoms with E-state index in [0.29, 0.717) is 5.02 Å². The fraction of sp³-hybridized carbons (Fsp3) is 0.500. The summed E-state index contributed by atoms with van der Waals surface area (Å²) in [6.45, 7) is 0. The van der Waals surface area contributed by atoms with E-state index in [4.69, 9.17) is 11.6 Å². The first-order valence-corrected chi connectivity index (χ1v) is 7.95. The van der Waals surface area contributed by atoms with Crippen LogP contribution < -0.4 is 4.72 Å². The maximum absolute atomic E-state index is 11.3. The Bertz CT molecular complexity index is 484. The van der Waals surface area contributed by atoms with Crippen molar-refractivity contribution in [1.29, 1.82) is 0 Å². The Balaban J connectivity index is 2.17. The lowest BCUT2D eigenvalue weighted by Crippen LogP contribution is -2.35. The summed E-state index contributed by atoms with van der Waals surface area (Å²) in [5.74, 6) is 0.266. The van der Waals surface area contributed by atoms with E-state index in [9.17, 15) is 8.42 Å². The molecule has 0 heterocycles. The van der Waals surface area contributed by atoms with Crippen molar-refractivity contribution in [2.24, 2.45) is 0 Å². The van der Waals surface area contributed by atoms with Gasteiger partial charge in [0.1, 0.15) is 0 Å². The predicted octanol–water partition coefficient (Wildman–Crippen LogP) is 2.53. The predicted molar refractivity (Wildman–Crippen MR) is 69.8 cm³/mol. The van der Waals surface area contributed by atoms with Crippen LogP contribution in [-0.4, -0.2) is 20.7 Å². The average Bonchev–Trinajstić information content (AvgIpc) is 2.64. The lowest BCUT2D eigenvalue weighted by Gasteiger charge is -2.20. The fourth-order valence-corrected chi connectivity index (χ4v) is 3.44. The highest BCUT2D eigenvalue weighted by Gasteiger charge is 2.30. The molecule has 2 unspecified atom stereocenters. The van der Waals surface area contributed by atoms with Gasteiger partial charge in [-0.1, -0.05) is 30.2 Å². The number of benzene rings is 1. The molecule has 0 aliphatic heterocycles. The van der Waals surface area contributed by atoms with Gasteiger partial charge in [-0.3, -0.25) is 0 Å². The molecule has 5 heteroatoms. The molecule has 1 N–H and O–H groups in total. The van der Waals surface area contributed by atoms with Crippen LogP contribution in [0.4, 0.5) is 0 Å². The summed E-state index contributed by atoms with van der Waals surface area (Å²) in [6.07, 6.45) is 4.19. The van der Waals surface area contributed by atoms with Crippen molar-refractivity contribution in [2.45, 2.75) is 31.2 Å². The van der Waals surface area contributed by atoms with Gasteiger partial charge in [-0.05, 0) is 30.5 Å². The first kappa shape index (κ1) is 12.9. The van der Waals surface area contributed by atoms with Crippen LogP contribution >= 0.6 is 11.6 Å². The Hall–Kier alpha value is -0.580. The van der Waals surface area contributed by atoms with Crippen molar-refractivity contribution in [3.63, 3.8) is 0 Å². The van der Waals surface area contributed by atoms with Gasteiger partial charge in [0.2, 0.25) is 10.0 Å². The minimum Gasteiger partial charge on any atom is -0.213 e. The van der Waals surface area contributed by atoms with Gasteiger partial charge in [0.05, 0.1) is 6.26 Å². The zero-order chi connectivity index (χ0) is 12.5. The van der Waals surface area contributed by atoms with Gasteiger partial charge in [-0.25, -0.2) is 13.1 Å². The van der Waals surface area contributed by atoms with Crippen molar-refractivity contribution in [3.8, 4) is 0 Å². The van der Waals surface area contributed by atoms with E-state index >= 15 is 0 Å². The molecule has 1 aromatic carbocycles. The molecule has 2 rings (SSSR count). The van der Waals surface area contributed by atoms with Crippen molar-refractivity contribution in [3.05, 3.63) is 34.9 Å².